The van der Waals surface area contributed by atoms with Crippen LogP contribution in [0.3, 0.4) is 0 Å². The van der Waals surface area contributed by atoms with Crippen LogP contribution in [-0.2, 0) is 0 Å². The van der Waals surface area contributed by atoms with Gasteiger partial charge in [-0.25, -0.2) is 4.98 Å². The van der Waals surface area contributed by atoms with Crippen molar-refractivity contribution in [1.82, 2.24) is 10.3 Å². The monoisotopic (exact) mass is 279 g/mol. The first-order chi connectivity index (χ1) is 8.40. The Balaban J connectivity index is 2.13. The Morgan fingerprint density at radius 1 is 1.56 bits per heavy atom. The zero-order chi connectivity index (χ0) is 13.3. The minimum atomic E-state index is -4.18. The molecule has 0 spiro atoms. The molecule has 0 saturated heterocycles. The topological polar surface area (TPSA) is 28.2 Å². The summed E-state index contributed by atoms with van der Waals surface area (Å²) in [6.45, 7) is 1.03. The number of thiazole rings is 1. The number of halogens is 3. The number of nitrogens with zero attached hydrogens (tertiary/aromatic N) is 2. The molecular weight excluding hydrogens is 263 g/mol. The summed E-state index contributed by atoms with van der Waals surface area (Å²) in [6, 6.07) is 0.0671. The maximum absolute atomic E-state index is 12.5. The quantitative estimate of drug-likeness (QED) is 0.898. The zero-order valence-corrected chi connectivity index (χ0v) is 11.1. The Hall–Kier alpha value is -0.820. The molecule has 1 aromatic heterocycles. The Labute approximate surface area is 108 Å². The van der Waals surface area contributed by atoms with Gasteiger partial charge in [-0.05, 0) is 26.8 Å². The predicted molar refractivity (Wildman–Crippen MR) is 66.0 cm³/mol. The van der Waals surface area contributed by atoms with Crippen LogP contribution in [0, 0.1) is 0 Å². The van der Waals surface area contributed by atoms with Crippen LogP contribution in [0.2, 0.25) is 0 Å². The number of alkyl halides is 3. The first kappa shape index (κ1) is 13.6. The van der Waals surface area contributed by atoms with Crippen LogP contribution in [0.15, 0.2) is 5.38 Å². The normalized spacial score (nSPS) is 17.8. The first-order valence-electron chi connectivity index (χ1n) is 5.87. The fourth-order valence-corrected chi connectivity index (χ4v) is 2.68. The average Bonchev–Trinajstić information content (AvgIpc) is 3.01. The second kappa shape index (κ2) is 5.05. The van der Waals surface area contributed by atoms with Crippen LogP contribution in [-0.4, -0.2) is 30.8 Å². The molecule has 3 nitrogen and oxygen atoms in total. The van der Waals surface area contributed by atoms with Gasteiger partial charge in [0.1, 0.15) is 6.54 Å². The fraction of sp³-hybridized carbons (Fsp3) is 0.727. The molecule has 1 atom stereocenters. The lowest BCUT2D eigenvalue weighted by molar-refractivity contribution is -0.120. The summed E-state index contributed by atoms with van der Waals surface area (Å²) in [6.07, 6.45) is -2.53. The highest BCUT2D eigenvalue weighted by Crippen LogP contribution is 2.36. The highest BCUT2D eigenvalue weighted by molar-refractivity contribution is 7.13. The summed E-state index contributed by atoms with van der Waals surface area (Å²) in [5, 5.41) is 5.33. The van der Waals surface area contributed by atoms with Gasteiger partial charge >= 0.3 is 6.18 Å². The van der Waals surface area contributed by atoms with E-state index in [9.17, 15) is 13.2 Å². The third-order valence-corrected chi connectivity index (χ3v) is 3.87. The molecule has 1 N–H and O–H groups in total. The Morgan fingerprint density at radius 2 is 2.22 bits per heavy atom. The van der Waals surface area contributed by atoms with Gasteiger partial charge in [0.15, 0.2) is 5.13 Å². The lowest BCUT2D eigenvalue weighted by Gasteiger charge is -2.22. The molecule has 1 aliphatic rings. The van der Waals surface area contributed by atoms with Crippen molar-refractivity contribution in [3.8, 4) is 0 Å². The first-order valence-corrected chi connectivity index (χ1v) is 6.75. The number of rotatable bonds is 5. The van der Waals surface area contributed by atoms with Crippen molar-refractivity contribution < 1.29 is 13.2 Å². The van der Waals surface area contributed by atoms with E-state index in [1.807, 2.05) is 12.3 Å². The van der Waals surface area contributed by atoms with Crippen molar-refractivity contribution in [2.45, 2.75) is 38.0 Å². The van der Waals surface area contributed by atoms with E-state index in [0.717, 1.165) is 18.5 Å². The van der Waals surface area contributed by atoms with E-state index in [-0.39, 0.29) is 12.1 Å². The highest BCUT2D eigenvalue weighted by atomic mass is 32.1. The van der Waals surface area contributed by atoms with Gasteiger partial charge in [0.2, 0.25) is 0 Å². The summed E-state index contributed by atoms with van der Waals surface area (Å²) in [5.74, 6) is 0. The van der Waals surface area contributed by atoms with Crippen LogP contribution in [0.1, 0.15) is 31.5 Å². The highest BCUT2D eigenvalue weighted by Gasteiger charge is 2.39. The molecule has 0 bridgehead atoms. The van der Waals surface area contributed by atoms with Gasteiger partial charge in [0.25, 0.3) is 0 Å². The number of nitrogens with one attached hydrogen (secondary N) is 1. The summed E-state index contributed by atoms with van der Waals surface area (Å²) < 4.78 is 37.6. The number of anilines is 1. The van der Waals surface area contributed by atoms with Crippen molar-refractivity contribution in [3.05, 3.63) is 11.1 Å². The van der Waals surface area contributed by atoms with Crippen LogP contribution >= 0.6 is 11.3 Å². The third-order valence-electron chi connectivity index (χ3n) is 2.97. The minimum absolute atomic E-state index is 0.00974. The van der Waals surface area contributed by atoms with Gasteiger partial charge in [0, 0.05) is 17.5 Å². The van der Waals surface area contributed by atoms with E-state index < -0.39 is 12.7 Å². The molecule has 1 aliphatic carbocycles. The Morgan fingerprint density at radius 3 is 2.72 bits per heavy atom. The maximum atomic E-state index is 12.5. The molecule has 0 aliphatic heterocycles. The van der Waals surface area contributed by atoms with E-state index in [1.54, 1.807) is 7.05 Å². The molecule has 1 saturated carbocycles. The molecule has 7 heteroatoms. The van der Waals surface area contributed by atoms with Crippen LogP contribution in [0.5, 0.6) is 0 Å². The molecular formula is C11H16F3N3S. The lowest BCUT2D eigenvalue weighted by Crippen LogP contribution is -2.36. The summed E-state index contributed by atoms with van der Waals surface area (Å²) in [7, 11) is 1.80. The van der Waals surface area contributed by atoms with E-state index in [1.165, 1.54) is 16.2 Å². The number of hydrogen-bond acceptors (Lipinski definition) is 4. The molecule has 1 aromatic rings. The average molecular weight is 279 g/mol. The maximum Gasteiger partial charge on any atom is 0.406 e. The van der Waals surface area contributed by atoms with Gasteiger partial charge in [-0.1, -0.05) is 0 Å². The van der Waals surface area contributed by atoms with Gasteiger partial charge in [0.05, 0.1) is 5.69 Å². The summed E-state index contributed by atoms with van der Waals surface area (Å²) in [4.78, 5) is 5.69. The summed E-state index contributed by atoms with van der Waals surface area (Å²) in [5.41, 5.74) is 0.797. The van der Waals surface area contributed by atoms with Crippen LogP contribution < -0.4 is 10.2 Å². The third kappa shape index (κ3) is 3.35. The number of hydrogen-bond donors (Lipinski definition) is 1. The van der Waals surface area contributed by atoms with E-state index in [2.05, 4.69) is 10.3 Å². The molecule has 2 rings (SSSR count). The summed E-state index contributed by atoms with van der Waals surface area (Å²) >= 11 is 1.29. The molecule has 0 amide bonds. The molecule has 1 unspecified atom stereocenters. The van der Waals surface area contributed by atoms with Crippen LogP contribution in [0.4, 0.5) is 18.3 Å². The van der Waals surface area contributed by atoms with E-state index in [0.29, 0.717) is 5.13 Å². The molecule has 102 valence electrons. The van der Waals surface area contributed by atoms with Crippen molar-refractivity contribution in [2.24, 2.45) is 0 Å². The molecule has 1 heterocycles. The zero-order valence-electron chi connectivity index (χ0n) is 10.3. The lowest BCUT2D eigenvalue weighted by atomic mass is 10.3. The standard InChI is InChI=1S/C11H16F3N3S/c1-7(15-2)9-5-18-10(16-9)17(8-3-4-8)6-11(12,13)14/h5,7-8,15H,3-4,6H2,1-2H3. The van der Waals surface area contributed by atoms with Crippen molar-refractivity contribution in [1.29, 1.82) is 0 Å². The smallest absolute Gasteiger partial charge is 0.336 e. The van der Waals surface area contributed by atoms with Crippen LogP contribution in [0.25, 0.3) is 0 Å². The molecule has 0 aromatic carbocycles. The molecule has 0 radical (unpaired) electrons. The predicted octanol–water partition coefficient (Wildman–Crippen LogP) is 2.95. The number of aromatic nitrogens is 1. The van der Waals surface area contributed by atoms with Crippen molar-refractivity contribution in [2.75, 3.05) is 18.5 Å². The molecule has 18 heavy (non-hydrogen) atoms. The van der Waals surface area contributed by atoms with Gasteiger partial charge in [-0.2, -0.15) is 13.2 Å². The SMILES string of the molecule is CNC(C)c1csc(N(CC(F)(F)F)C2CC2)n1. The van der Waals surface area contributed by atoms with E-state index >= 15 is 0 Å². The van der Waals surface area contributed by atoms with Gasteiger partial charge in [-0.3, -0.25) is 0 Å². The Bertz CT molecular complexity index is 400. The fourth-order valence-electron chi connectivity index (χ4n) is 1.69. The largest absolute Gasteiger partial charge is 0.406 e. The second-order valence-electron chi connectivity index (χ2n) is 4.54. The van der Waals surface area contributed by atoms with Gasteiger partial charge in [-0.15, -0.1) is 11.3 Å². The minimum Gasteiger partial charge on any atom is -0.336 e. The van der Waals surface area contributed by atoms with Gasteiger partial charge < -0.3 is 10.2 Å². The second-order valence-corrected chi connectivity index (χ2v) is 5.38. The van der Waals surface area contributed by atoms with E-state index in [4.69, 9.17) is 0 Å². The van der Waals surface area contributed by atoms with Crippen molar-refractivity contribution >= 4 is 16.5 Å². The Kier molecular flexibility index (Phi) is 3.82. The molecule has 1 fully saturated rings. The van der Waals surface area contributed by atoms with Crippen molar-refractivity contribution in [3.63, 3.8) is 0 Å².